The Balaban J connectivity index is 0.941. The lowest BCUT2D eigenvalue weighted by molar-refractivity contribution is -0.146. The van der Waals surface area contributed by atoms with Gasteiger partial charge in [0.2, 0.25) is 23.6 Å². The third kappa shape index (κ3) is 3.96. The van der Waals surface area contributed by atoms with Gasteiger partial charge in [-0.1, -0.05) is 45.1 Å². The molecule has 2 saturated heterocycles. The number of imide groups is 2. The van der Waals surface area contributed by atoms with Crippen molar-refractivity contribution in [2.24, 2.45) is 58.2 Å². The number of amides is 4. The van der Waals surface area contributed by atoms with Crippen LogP contribution in [0.3, 0.4) is 0 Å². The zero-order valence-electron chi connectivity index (χ0n) is 29.6. The number of hydrogen-bond donors (Lipinski definition) is 0. The average Bonchev–Trinajstić information content (AvgIpc) is 3.88. The van der Waals surface area contributed by atoms with E-state index in [0.717, 1.165) is 44.3 Å². The van der Waals surface area contributed by atoms with Crippen LogP contribution < -0.4 is 9.64 Å². The van der Waals surface area contributed by atoms with Gasteiger partial charge >= 0.3 is 0 Å². The number of carbonyl (C=O) groups excluding carboxylic acids is 4. The second-order valence-corrected chi connectivity index (χ2v) is 18.6. The van der Waals surface area contributed by atoms with Gasteiger partial charge in [0.25, 0.3) is 0 Å². The molecule has 2 aliphatic heterocycles. The quantitative estimate of drug-likeness (QED) is 0.249. The van der Waals surface area contributed by atoms with Gasteiger partial charge in [-0.05, 0) is 141 Å². The van der Waals surface area contributed by atoms with Gasteiger partial charge in [0.1, 0.15) is 11.5 Å². The summed E-state index contributed by atoms with van der Waals surface area (Å²) in [6.45, 7) is 17.2. The lowest BCUT2D eigenvalue weighted by atomic mass is 9.57. The minimum Gasteiger partial charge on any atom is -0.457 e. The summed E-state index contributed by atoms with van der Waals surface area (Å²) in [6.07, 6.45) is 5.58. The summed E-state index contributed by atoms with van der Waals surface area (Å²) < 4.78 is 6.10. The van der Waals surface area contributed by atoms with Gasteiger partial charge in [-0.25, -0.2) is 0 Å². The molecule has 2 aromatic rings. The first-order valence-corrected chi connectivity index (χ1v) is 18.4. The number of nitrogens with zero attached hydrogens (tertiary/aromatic N) is 2. The predicted molar refractivity (Wildman–Crippen MR) is 185 cm³/mol. The number of hydrogen-bond acceptors (Lipinski definition) is 5. The molecule has 7 fully saturated rings. The molecule has 5 aliphatic carbocycles. The van der Waals surface area contributed by atoms with E-state index in [0.29, 0.717) is 11.4 Å². The Bertz CT molecular complexity index is 1830. The summed E-state index contributed by atoms with van der Waals surface area (Å²) >= 11 is 0. The smallest absolute Gasteiger partial charge is 0.238 e. The van der Waals surface area contributed by atoms with Crippen LogP contribution in [-0.4, -0.2) is 34.1 Å². The molecule has 0 aromatic heterocycles. The Kier molecular flexibility index (Phi) is 6.21. The summed E-state index contributed by atoms with van der Waals surface area (Å²) in [5, 5.41) is 0. The number of benzene rings is 2. The van der Waals surface area contributed by atoms with Gasteiger partial charge in [0, 0.05) is 5.54 Å². The maximum Gasteiger partial charge on any atom is 0.238 e. The van der Waals surface area contributed by atoms with Gasteiger partial charge in [0.05, 0.1) is 29.4 Å². The Labute approximate surface area is 289 Å². The summed E-state index contributed by atoms with van der Waals surface area (Å²) in [6, 6.07) is 15.4. The normalized spacial score (nSPS) is 39.0. The molecule has 2 spiro atoms. The number of ether oxygens (including phenoxy) is 1. The molecule has 9 rings (SSSR count). The first-order valence-electron chi connectivity index (χ1n) is 18.4. The van der Waals surface area contributed by atoms with Crippen LogP contribution in [0.4, 0.5) is 5.69 Å². The number of rotatable bonds is 3. The number of anilines is 1. The summed E-state index contributed by atoms with van der Waals surface area (Å²) in [5.41, 5.74) is 2.29. The highest BCUT2D eigenvalue weighted by molar-refractivity contribution is 6.22. The van der Waals surface area contributed by atoms with E-state index in [2.05, 4.69) is 32.9 Å². The molecule has 4 amide bonds. The van der Waals surface area contributed by atoms with Crippen LogP contribution in [-0.2, 0) is 24.6 Å². The van der Waals surface area contributed by atoms with E-state index in [1.54, 1.807) is 4.90 Å². The van der Waals surface area contributed by atoms with Gasteiger partial charge in [0.15, 0.2) is 0 Å². The zero-order chi connectivity index (χ0) is 34.6. The topological polar surface area (TPSA) is 84.0 Å². The van der Waals surface area contributed by atoms with Gasteiger partial charge in [-0.3, -0.25) is 29.0 Å². The fourth-order valence-electron chi connectivity index (χ4n) is 12.5. The molecule has 7 heteroatoms. The Morgan fingerprint density at radius 1 is 0.653 bits per heavy atom. The van der Waals surface area contributed by atoms with Gasteiger partial charge in [-0.15, -0.1) is 0 Å². The molecule has 0 N–H and O–H groups in total. The third-order valence-corrected chi connectivity index (χ3v) is 14.4. The van der Waals surface area contributed by atoms with E-state index in [4.69, 9.17) is 11.3 Å². The van der Waals surface area contributed by atoms with Crippen molar-refractivity contribution < 1.29 is 23.9 Å². The van der Waals surface area contributed by atoms with Crippen LogP contribution in [0.25, 0.3) is 0 Å². The monoisotopic (exact) mass is 660 g/mol. The highest BCUT2D eigenvalue weighted by Crippen LogP contribution is 2.79. The van der Waals surface area contributed by atoms with Crippen molar-refractivity contribution in [2.45, 2.75) is 91.0 Å². The Morgan fingerprint density at radius 3 is 1.61 bits per heavy atom. The van der Waals surface area contributed by atoms with Gasteiger partial charge in [-0.2, -0.15) is 0 Å². The molecule has 10 atom stereocenters. The second-order valence-electron chi connectivity index (χ2n) is 18.6. The number of carbonyl (C=O) groups is 4. The largest absolute Gasteiger partial charge is 0.457 e. The van der Waals surface area contributed by atoms with Crippen LogP contribution in [0.15, 0.2) is 60.7 Å². The van der Waals surface area contributed by atoms with Crippen molar-refractivity contribution in [1.29, 1.82) is 0 Å². The molecule has 10 unspecified atom stereocenters. The number of allylic oxidation sites excluding steroid dienone is 1. The fourth-order valence-corrected chi connectivity index (χ4v) is 12.5. The van der Waals surface area contributed by atoms with E-state index in [1.807, 2.05) is 57.2 Å². The van der Waals surface area contributed by atoms with Crippen molar-refractivity contribution in [2.75, 3.05) is 4.90 Å². The highest BCUT2D eigenvalue weighted by Gasteiger charge is 2.76. The minimum atomic E-state index is -0.522. The van der Waals surface area contributed by atoms with E-state index in [-0.39, 0.29) is 87.2 Å². The number of fused-ring (bicyclic) bond motifs is 12. The van der Waals surface area contributed by atoms with Crippen LogP contribution in [0, 0.1) is 58.2 Å². The zero-order valence-corrected chi connectivity index (χ0v) is 29.6. The van der Waals surface area contributed by atoms with Crippen LogP contribution in [0.5, 0.6) is 11.5 Å². The van der Waals surface area contributed by atoms with Crippen LogP contribution in [0.2, 0.25) is 0 Å². The summed E-state index contributed by atoms with van der Waals surface area (Å²) in [7, 11) is 0. The molecule has 2 aromatic carbocycles. The number of likely N-dealkylation sites (tertiary alicyclic amines) is 1. The maximum absolute atomic E-state index is 14.3. The summed E-state index contributed by atoms with van der Waals surface area (Å²) in [4.78, 5) is 58.7. The molecule has 0 radical (unpaired) electrons. The Hall–Kier alpha value is -3.74. The maximum atomic E-state index is 14.3. The lowest BCUT2D eigenvalue weighted by Crippen LogP contribution is -2.47. The minimum absolute atomic E-state index is 0.0119. The average molecular weight is 661 g/mol. The summed E-state index contributed by atoms with van der Waals surface area (Å²) in [5.74, 6) is 0.864. The van der Waals surface area contributed by atoms with E-state index >= 15 is 0 Å². The van der Waals surface area contributed by atoms with Crippen molar-refractivity contribution >= 4 is 29.3 Å². The third-order valence-electron chi connectivity index (χ3n) is 14.4. The molecule has 5 saturated carbocycles. The van der Waals surface area contributed by atoms with Crippen molar-refractivity contribution in [3.8, 4) is 11.5 Å². The highest BCUT2D eigenvalue weighted by atomic mass is 16.5. The standard InChI is InChI=1S/C42H48N2O5/c1-22-41(16-17-42(22)21-24-19-30(42)34-32(24)37(47)44(38(34)48)40(5,6)7)20-23-18-29(41)33-31(23)35(45)43(36(33)46)26-10-14-28(15-11-26)49-27-12-8-25(9-13-27)39(2,3)4/h8-15,23-24,29-34H,1,16-21H2,2-7H3. The van der Waals surface area contributed by atoms with Crippen molar-refractivity contribution in [1.82, 2.24) is 4.90 Å². The molecular formula is C42H48N2O5. The van der Waals surface area contributed by atoms with Crippen LogP contribution in [0.1, 0.15) is 85.6 Å². The van der Waals surface area contributed by atoms with Crippen molar-refractivity contribution in [3.05, 3.63) is 66.2 Å². The van der Waals surface area contributed by atoms with E-state index in [9.17, 15) is 19.2 Å². The fraction of sp³-hybridized carbons (Fsp3) is 0.571. The van der Waals surface area contributed by atoms with Crippen LogP contribution >= 0.6 is 0 Å². The molecule has 4 bridgehead atoms. The molecule has 256 valence electrons. The lowest BCUT2D eigenvalue weighted by Gasteiger charge is -2.45. The predicted octanol–water partition coefficient (Wildman–Crippen LogP) is 7.68. The van der Waals surface area contributed by atoms with E-state index in [1.165, 1.54) is 16.0 Å². The SMILES string of the molecule is C=C1C2(CCC13CC1CC3C3C(=O)N(C(C)(C)C)C(=O)C13)CC1CC2C2C(=O)N(c3ccc(Oc4ccc(C(C)(C)C)cc4)cc3)C(=O)C12. The van der Waals surface area contributed by atoms with Gasteiger partial charge < -0.3 is 4.74 Å². The molecular weight excluding hydrogens is 612 g/mol. The molecule has 7 nitrogen and oxygen atoms in total. The first kappa shape index (κ1) is 31.3. The van der Waals surface area contributed by atoms with E-state index < -0.39 is 5.54 Å². The van der Waals surface area contributed by atoms with Crippen molar-refractivity contribution in [3.63, 3.8) is 0 Å². The molecule has 7 aliphatic rings. The Morgan fingerprint density at radius 2 is 1.10 bits per heavy atom. The second kappa shape index (κ2) is 9.73. The molecule has 49 heavy (non-hydrogen) atoms. The molecule has 2 heterocycles. The first-order chi connectivity index (χ1) is 23.1.